The molecule has 1 aliphatic heterocycles. The first-order valence-corrected chi connectivity index (χ1v) is 7.41. The predicted octanol–water partition coefficient (Wildman–Crippen LogP) is 3.27. The van der Waals surface area contributed by atoms with Crippen LogP contribution in [0.25, 0.3) is 0 Å². The smallest absolute Gasteiger partial charge is 0.345 e. The molecular formula is C17H18N2O4. The van der Waals surface area contributed by atoms with Gasteiger partial charge >= 0.3 is 12.0 Å². The van der Waals surface area contributed by atoms with Gasteiger partial charge < -0.3 is 14.2 Å². The van der Waals surface area contributed by atoms with Gasteiger partial charge in [0.05, 0.1) is 0 Å². The third kappa shape index (κ3) is 2.55. The Labute approximate surface area is 134 Å². The van der Waals surface area contributed by atoms with Crippen molar-refractivity contribution in [3.05, 3.63) is 46.8 Å². The second kappa shape index (κ2) is 5.62. The largest absolute Gasteiger partial charge is 0.425 e. The van der Waals surface area contributed by atoms with E-state index in [2.05, 4.69) is 9.97 Å². The third-order valence-electron chi connectivity index (χ3n) is 3.86. The Morgan fingerprint density at radius 2 is 1.91 bits per heavy atom. The van der Waals surface area contributed by atoms with Gasteiger partial charge in [0.1, 0.15) is 11.3 Å². The van der Waals surface area contributed by atoms with Crippen molar-refractivity contribution in [3.63, 3.8) is 0 Å². The Bertz CT molecular complexity index is 749. The van der Waals surface area contributed by atoms with Crippen molar-refractivity contribution in [2.24, 2.45) is 0 Å². The van der Waals surface area contributed by atoms with Gasteiger partial charge in [-0.1, -0.05) is 19.1 Å². The van der Waals surface area contributed by atoms with E-state index in [1.807, 2.05) is 32.9 Å². The summed E-state index contributed by atoms with van der Waals surface area (Å²) < 4.78 is 16.7. The van der Waals surface area contributed by atoms with E-state index in [0.29, 0.717) is 23.3 Å². The summed E-state index contributed by atoms with van der Waals surface area (Å²) in [4.78, 5) is 20.8. The molecule has 0 radical (unpaired) electrons. The molecule has 6 heteroatoms. The summed E-state index contributed by atoms with van der Waals surface area (Å²) in [5.41, 5.74) is 2.61. The molecule has 2 aromatic rings. The first kappa shape index (κ1) is 15.4. The number of ether oxygens (including phenoxy) is 3. The Kier molecular flexibility index (Phi) is 3.77. The summed E-state index contributed by atoms with van der Waals surface area (Å²) in [5, 5.41) is 0. The van der Waals surface area contributed by atoms with Crippen molar-refractivity contribution in [2.75, 3.05) is 7.11 Å². The Morgan fingerprint density at radius 1 is 1.22 bits per heavy atom. The highest BCUT2D eigenvalue weighted by molar-refractivity contribution is 5.97. The van der Waals surface area contributed by atoms with Crippen LogP contribution in [-0.2, 0) is 15.3 Å². The van der Waals surface area contributed by atoms with Crippen molar-refractivity contribution in [1.29, 1.82) is 0 Å². The fourth-order valence-corrected chi connectivity index (χ4v) is 2.80. The minimum Gasteiger partial charge on any atom is -0.425 e. The van der Waals surface area contributed by atoms with Crippen LogP contribution in [0.2, 0.25) is 0 Å². The number of cyclic esters (lactones) is 1. The number of esters is 1. The maximum atomic E-state index is 12.3. The highest BCUT2D eigenvalue weighted by atomic mass is 16.7. The van der Waals surface area contributed by atoms with Gasteiger partial charge in [-0.2, -0.15) is 0 Å². The maximum absolute atomic E-state index is 12.3. The lowest BCUT2D eigenvalue weighted by molar-refractivity contribution is -0.188. The van der Waals surface area contributed by atoms with E-state index in [1.54, 1.807) is 12.1 Å². The third-order valence-corrected chi connectivity index (χ3v) is 3.86. The zero-order valence-corrected chi connectivity index (χ0v) is 13.5. The fourth-order valence-electron chi connectivity index (χ4n) is 2.80. The van der Waals surface area contributed by atoms with E-state index < -0.39 is 11.8 Å². The summed E-state index contributed by atoms with van der Waals surface area (Å²) in [6, 6.07) is 7.35. The standard InChI is InChI=1S/C17H18N2O4/c1-5-17(21-4)12-7-6-8-13(14(12)15(20)23-17)22-16-18-10(2)9-11(3)19-16/h6-9H,5H2,1-4H3. The number of nitrogens with zero attached hydrogens (tertiary/aromatic N) is 2. The second-order valence-electron chi connectivity index (χ2n) is 5.41. The normalized spacial score (nSPS) is 19.4. The zero-order valence-electron chi connectivity index (χ0n) is 13.5. The van der Waals surface area contributed by atoms with Gasteiger partial charge in [0.15, 0.2) is 0 Å². The van der Waals surface area contributed by atoms with Gasteiger partial charge in [-0.05, 0) is 26.0 Å². The average molecular weight is 314 g/mol. The Hall–Kier alpha value is -2.47. The second-order valence-corrected chi connectivity index (χ2v) is 5.41. The van der Waals surface area contributed by atoms with Crippen molar-refractivity contribution in [1.82, 2.24) is 9.97 Å². The van der Waals surface area contributed by atoms with Gasteiger partial charge in [0.25, 0.3) is 0 Å². The number of hydrogen-bond donors (Lipinski definition) is 0. The number of rotatable bonds is 4. The average Bonchev–Trinajstić information content (AvgIpc) is 2.80. The van der Waals surface area contributed by atoms with Crippen LogP contribution in [0.15, 0.2) is 24.3 Å². The molecular weight excluding hydrogens is 296 g/mol. The van der Waals surface area contributed by atoms with Crippen molar-refractivity contribution < 1.29 is 19.0 Å². The van der Waals surface area contributed by atoms with Crippen LogP contribution in [0, 0.1) is 13.8 Å². The fraction of sp³-hybridized carbons (Fsp3) is 0.353. The molecule has 1 aromatic heterocycles. The molecule has 3 rings (SSSR count). The quantitative estimate of drug-likeness (QED) is 0.807. The molecule has 0 aliphatic carbocycles. The number of carbonyl (C=O) groups is 1. The molecule has 1 unspecified atom stereocenters. The van der Waals surface area contributed by atoms with E-state index >= 15 is 0 Å². The van der Waals surface area contributed by atoms with Crippen LogP contribution in [0.4, 0.5) is 0 Å². The van der Waals surface area contributed by atoms with Crippen LogP contribution in [-0.4, -0.2) is 23.0 Å². The molecule has 0 spiro atoms. The lowest BCUT2D eigenvalue weighted by atomic mass is 9.99. The highest BCUT2D eigenvalue weighted by Gasteiger charge is 2.46. The molecule has 1 atom stereocenters. The molecule has 23 heavy (non-hydrogen) atoms. The molecule has 2 heterocycles. The summed E-state index contributed by atoms with van der Waals surface area (Å²) in [6.07, 6.45) is 0.506. The zero-order chi connectivity index (χ0) is 16.6. The van der Waals surface area contributed by atoms with Gasteiger partial charge in [-0.15, -0.1) is 0 Å². The number of aryl methyl sites for hydroxylation is 2. The first-order valence-electron chi connectivity index (χ1n) is 7.41. The molecule has 1 aromatic carbocycles. The van der Waals surface area contributed by atoms with Crippen LogP contribution >= 0.6 is 0 Å². The van der Waals surface area contributed by atoms with E-state index in [0.717, 1.165) is 11.4 Å². The van der Waals surface area contributed by atoms with Gasteiger partial charge in [-0.3, -0.25) is 0 Å². The monoisotopic (exact) mass is 314 g/mol. The molecule has 0 N–H and O–H groups in total. The lowest BCUT2D eigenvalue weighted by Gasteiger charge is -2.25. The molecule has 0 saturated heterocycles. The minimum atomic E-state index is -1.06. The number of carbonyl (C=O) groups excluding carboxylic acids is 1. The number of benzene rings is 1. The minimum absolute atomic E-state index is 0.204. The number of fused-ring (bicyclic) bond motifs is 1. The molecule has 0 bridgehead atoms. The van der Waals surface area contributed by atoms with Crippen molar-refractivity contribution in [2.45, 2.75) is 33.0 Å². The predicted molar refractivity (Wildman–Crippen MR) is 82.4 cm³/mol. The SMILES string of the molecule is CCC1(OC)OC(=O)c2c(Oc3nc(C)cc(C)n3)cccc21. The highest BCUT2D eigenvalue weighted by Crippen LogP contribution is 2.43. The van der Waals surface area contributed by atoms with Crippen LogP contribution in [0.5, 0.6) is 11.8 Å². The van der Waals surface area contributed by atoms with E-state index in [4.69, 9.17) is 14.2 Å². The van der Waals surface area contributed by atoms with Gasteiger partial charge in [-0.25, -0.2) is 14.8 Å². The number of aromatic nitrogens is 2. The molecule has 1 aliphatic rings. The first-order chi connectivity index (χ1) is 11.0. The van der Waals surface area contributed by atoms with Gasteiger partial charge in [0, 0.05) is 30.5 Å². The van der Waals surface area contributed by atoms with Crippen LogP contribution in [0.3, 0.4) is 0 Å². The molecule has 0 fully saturated rings. The Balaban J connectivity index is 2.06. The number of methoxy groups -OCH3 is 1. The van der Waals surface area contributed by atoms with E-state index in [9.17, 15) is 4.79 Å². The van der Waals surface area contributed by atoms with Crippen molar-refractivity contribution >= 4 is 5.97 Å². The summed E-state index contributed by atoms with van der Waals surface area (Å²) in [5.74, 6) is -1.16. The Morgan fingerprint density at radius 3 is 2.52 bits per heavy atom. The van der Waals surface area contributed by atoms with Crippen LogP contribution in [0.1, 0.15) is 40.7 Å². The maximum Gasteiger partial charge on any atom is 0.345 e. The van der Waals surface area contributed by atoms with Gasteiger partial charge in [0.2, 0.25) is 5.79 Å². The van der Waals surface area contributed by atoms with E-state index in [-0.39, 0.29) is 6.01 Å². The molecule has 6 nitrogen and oxygen atoms in total. The molecule has 120 valence electrons. The summed E-state index contributed by atoms with van der Waals surface area (Å²) in [7, 11) is 1.52. The summed E-state index contributed by atoms with van der Waals surface area (Å²) >= 11 is 0. The molecule has 0 saturated carbocycles. The van der Waals surface area contributed by atoms with Crippen molar-refractivity contribution in [3.8, 4) is 11.8 Å². The van der Waals surface area contributed by atoms with E-state index in [1.165, 1.54) is 7.11 Å². The lowest BCUT2D eigenvalue weighted by Crippen LogP contribution is -2.27. The number of hydrogen-bond acceptors (Lipinski definition) is 6. The summed E-state index contributed by atoms with van der Waals surface area (Å²) in [6.45, 7) is 5.61. The van der Waals surface area contributed by atoms with Crippen LogP contribution < -0.4 is 4.74 Å². The molecule has 0 amide bonds. The topological polar surface area (TPSA) is 70.5 Å².